The maximum Gasteiger partial charge on any atom is 0.309 e. The lowest BCUT2D eigenvalue weighted by molar-refractivity contribution is -0.153. The summed E-state index contributed by atoms with van der Waals surface area (Å²) < 4.78 is 10.8. The van der Waals surface area contributed by atoms with Crippen molar-refractivity contribution in [1.82, 2.24) is 0 Å². The van der Waals surface area contributed by atoms with Gasteiger partial charge in [0.1, 0.15) is 11.5 Å². The molecule has 1 aliphatic carbocycles. The summed E-state index contributed by atoms with van der Waals surface area (Å²) in [4.78, 5) is 11.7. The molecule has 4 heteroatoms. The Kier molecular flexibility index (Phi) is 5.10. The van der Waals surface area contributed by atoms with Crippen molar-refractivity contribution in [3.63, 3.8) is 0 Å². The van der Waals surface area contributed by atoms with Crippen LogP contribution in [0.4, 0.5) is 0 Å². The van der Waals surface area contributed by atoms with Gasteiger partial charge in [-0.25, -0.2) is 0 Å². The Morgan fingerprint density at radius 2 is 2.00 bits per heavy atom. The zero-order valence-corrected chi connectivity index (χ0v) is 12.8. The molecule has 1 saturated carbocycles. The summed E-state index contributed by atoms with van der Waals surface area (Å²) in [7, 11) is 1.62. The maximum absolute atomic E-state index is 11.7. The normalized spacial score (nSPS) is 25.3. The molecule has 0 aliphatic heterocycles. The molecule has 2 atom stereocenters. The Morgan fingerprint density at radius 3 is 2.57 bits per heavy atom. The highest BCUT2D eigenvalue weighted by Gasteiger charge is 2.41. The number of aliphatic carboxylic acids is 1. The monoisotopic (exact) mass is 292 g/mol. The highest BCUT2D eigenvalue weighted by Crippen LogP contribution is 2.42. The van der Waals surface area contributed by atoms with Crippen molar-refractivity contribution in [2.45, 2.75) is 39.0 Å². The van der Waals surface area contributed by atoms with E-state index in [0.29, 0.717) is 18.9 Å². The van der Waals surface area contributed by atoms with Gasteiger partial charge in [-0.2, -0.15) is 0 Å². The van der Waals surface area contributed by atoms with E-state index in [2.05, 4.69) is 6.92 Å². The van der Waals surface area contributed by atoms with E-state index < -0.39 is 11.4 Å². The van der Waals surface area contributed by atoms with Gasteiger partial charge in [-0.1, -0.05) is 19.8 Å². The molecule has 2 rings (SSSR count). The molecule has 0 spiro atoms. The molecule has 0 aromatic heterocycles. The Labute approximate surface area is 126 Å². The minimum absolute atomic E-state index is 0.436. The Hall–Kier alpha value is -1.71. The molecule has 1 aromatic rings. The number of benzene rings is 1. The summed E-state index contributed by atoms with van der Waals surface area (Å²) in [5.41, 5.74) is -0.607. The largest absolute Gasteiger partial charge is 0.497 e. The van der Waals surface area contributed by atoms with Gasteiger partial charge in [0.05, 0.1) is 19.1 Å². The first kappa shape index (κ1) is 15.7. The second-order valence-corrected chi connectivity index (χ2v) is 6.06. The maximum atomic E-state index is 11.7. The lowest BCUT2D eigenvalue weighted by atomic mass is 9.68. The fourth-order valence-corrected chi connectivity index (χ4v) is 3.22. The van der Waals surface area contributed by atoms with Crippen LogP contribution in [0.15, 0.2) is 24.3 Å². The van der Waals surface area contributed by atoms with Crippen LogP contribution >= 0.6 is 0 Å². The number of ether oxygens (including phenoxy) is 2. The molecule has 1 aromatic carbocycles. The zero-order chi connectivity index (χ0) is 15.3. The molecular weight excluding hydrogens is 268 g/mol. The highest BCUT2D eigenvalue weighted by molar-refractivity contribution is 5.74. The van der Waals surface area contributed by atoms with Crippen LogP contribution in [0, 0.1) is 11.3 Å². The molecule has 0 heterocycles. The van der Waals surface area contributed by atoms with Crippen molar-refractivity contribution in [2.24, 2.45) is 11.3 Å². The van der Waals surface area contributed by atoms with Crippen molar-refractivity contribution >= 4 is 5.97 Å². The number of hydrogen-bond acceptors (Lipinski definition) is 3. The molecule has 0 saturated heterocycles. The van der Waals surface area contributed by atoms with Crippen LogP contribution in [0.1, 0.15) is 39.0 Å². The number of hydrogen-bond donors (Lipinski definition) is 1. The first-order chi connectivity index (χ1) is 10.1. The third-order valence-electron chi connectivity index (χ3n) is 4.45. The quantitative estimate of drug-likeness (QED) is 0.867. The van der Waals surface area contributed by atoms with Crippen LogP contribution < -0.4 is 9.47 Å². The van der Waals surface area contributed by atoms with Crippen LogP contribution in [0.5, 0.6) is 11.5 Å². The van der Waals surface area contributed by atoms with Crippen molar-refractivity contribution in [1.29, 1.82) is 0 Å². The van der Waals surface area contributed by atoms with E-state index >= 15 is 0 Å². The van der Waals surface area contributed by atoms with E-state index in [1.807, 2.05) is 24.3 Å². The third-order valence-corrected chi connectivity index (χ3v) is 4.45. The molecule has 21 heavy (non-hydrogen) atoms. The molecule has 0 amide bonds. The van der Waals surface area contributed by atoms with E-state index in [9.17, 15) is 9.90 Å². The van der Waals surface area contributed by atoms with Crippen LogP contribution in [-0.2, 0) is 4.79 Å². The molecule has 1 N–H and O–H groups in total. The Bertz CT molecular complexity index is 468. The predicted octanol–water partition coefficient (Wildman–Crippen LogP) is 3.75. The lowest BCUT2D eigenvalue weighted by Gasteiger charge is -2.36. The smallest absolute Gasteiger partial charge is 0.309 e. The number of carbonyl (C=O) groups is 1. The van der Waals surface area contributed by atoms with Crippen molar-refractivity contribution < 1.29 is 19.4 Å². The standard InChI is InChI=1S/C17H24O4/c1-13-4-3-9-17(12-13,16(18)19)10-11-21-15-7-5-14(20-2)6-8-15/h5-8,13H,3-4,9-12H2,1-2H3,(H,18,19). The molecule has 116 valence electrons. The second-order valence-electron chi connectivity index (χ2n) is 6.06. The van der Waals surface area contributed by atoms with Crippen molar-refractivity contribution in [3.8, 4) is 11.5 Å². The number of methoxy groups -OCH3 is 1. The Morgan fingerprint density at radius 1 is 1.33 bits per heavy atom. The first-order valence-corrected chi connectivity index (χ1v) is 7.56. The molecule has 0 radical (unpaired) electrons. The number of carboxylic acid groups (broad SMARTS) is 1. The summed E-state index contributed by atoms with van der Waals surface area (Å²) in [6.45, 7) is 2.58. The number of carboxylic acids is 1. The van der Waals surface area contributed by atoms with Gasteiger partial charge in [0.2, 0.25) is 0 Å². The molecule has 2 unspecified atom stereocenters. The van der Waals surface area contributed by atoms with Crippen LogP contribution in [-0.4, -0.2) is 24.8 Å². The van der Waals surface area contributed by atoms with Gasteiger partial charge in [-0.3, -0.25) is 4.79 Å². The van der Waals surface area contributed by atoms with Crippen LogP contribution in [0.25, 0.3) is 0 Å². The van der Waals surface area contributed by atoms with E-state index in [-0.39, 0.29) is 0 Å². The van der Waals surface area contributed by atoms with Gasteiger partial charge < -0.3 is 14.6 Å². The SMILES string of the molecule is COc1ccc(OCCC2(C(=O)O)CCCC(C)C2)cc1. The molecule has 1 fully saturated rings. The van der Waals surface area contributed by atoms with Crippen molar-refractivity contribution in [3.05, 3.63) is 24.3 Å². The third kappa shape index (κ3) is 3.90. The van der Waals surface area contributed by atoms with E-state index in [4.69, 9.17) is 9.47 Å². The average molecular weight is 292 g/mol. The van der Waals surface area contributed by atoms with Gasteiger partial charge >= 0.3 is 5.97 Å². The topological polar surface area (TPSA) is 55.8 Å². The van der Waals surface area contributed by atoms with Gasteiger partial charge in [0.15, 0.2) is 0 Å². The molecular formula is C17H24O4. The fourth-order valence-electron chi connectivity index (χ4n) is 3.22. The average Bonchev–Trinajstić information content (AvgIpc) is 2.48. The summed E-state index contributed by atoms with van der Waals surface area (Å²) in [6.07, 6.45) is 4.22. The summed E-state index contributed by atoms with van der Waals surface area (Å²) in [5, 5.41) is 9.60. The minimum atomic E-state index is -0.674. The van der Waals surface area contributed by atoms with Crippen LogP contribution in [0.3, 0.4) is 0 Å². The molecule has 4 nitrogen and oxygen atoms in total. The van der Waals surface area contributed by atoms with Crippen LogP contribution in [0.2, 0.25) is 0 Å². The van der Waals surface area contributed by atoms with Gasteiger partial charge in [-0.05, 0) is 49.4 Å². The summed E-state index contributed by atoms with van der Waals surface area (Å²) >= 11 is 0. The van der Waals surface area contributed by atoms with Crippen molar-refractivity contribution in [2.75, 3.05) is 13.7 Å². The predicted molar refractivity (Wildman–Crippen MR) is 80.8 cm³/mol. The summed E-state index contributed by atoms with van der Waals surface area (Å²) in [5.74, 6) is 1.34. The van der Waals surface area contributed by atoms with Gasteiger partial charge in [-0.15, -0.1) is 0 Å². The zero-order valence-electron chi connectivity index (χ0n) is 12.8. The Balaban J connectivity index is 1.91. The van der Waals surface area contributed by atoms with E-state index in [1.165, 1.54) is 0 Å². The lowest BCUT2D eigenvalue weighted by Crippen LogP contribution is -2.37. The number of rotatable bonds is 6. The van der Waals surface area contributed by atoms with E-state index in [1.54, 1.807) is 7.11 Å². The van der Waals surface area contributed by atoms with E-state index in [0.717, 1.165) is 37.2 Å². The molecule has 0 bridgehead atoms. The first-order valence-electron chi connectivity index (χ1n) is 7.56. The summed E-state index contributed by atoms with van der Waals surface area (Å²) in [6, 6.07) is 7.36. The van der Waals surface area contributed by atoms with Gasteiger partial charge in [0.25, 0.3) is 0 Å². The molecule has 1 aliphatic rings. The fraction of sp³-hybridized carbons (Fsp3) is 0.588. The highest BCUT2D eigenvalue weighted by atomic mass is 16.5. The van der Waals surface area contributed by atoms with Gasteiger partial charge in [0, 0.05) is 0 Å². The second kappa shape index (κ2) is 6.83. The minimum Gasteiger partial charge on any atom is -0.497 e.